The third-order valence-electron chi connectivity index (χ3n) is 2.56. The van der Waals surface area contributed by atoms with E-state index >= 15 is 0 Å². The molecule has 0 fully saturated rings. The third kappa shape index (κ3) is 1.17. The first-order valence-electron chi connectivity index (χ1n) is 4.32. The van der Waals surface area contributed by atoms with Crippen molar-refractivity contribution in [2.75, 3.05) is 0 Å². The Labute approximate surface area is 79.7 Å². The van der Waals surface area contributed by atoms with Crippen LogP contribution >= 0.6 is 0 Å². The molecule has 0 radical (unpaired) electrons. The van der Waals surface area contributed by atoms with Crippen molar-refractivity contribution in [3.8, 4) is 0 Å². The van der Waals surface area contributed by atoms with Gasteiger partial charge in [0.2, 0.25) is 5.82 Å². The van der Waals surface area contributed by atoms with Crippen molar-refractivity contribution in [3.05, 3.63) is 39.2 Å². The minimum Gasteiger partial charge on any atom is -0.324 e. The van der Waals surface area contributed by atoms with E-state index in [4.69, 9.17) is 5.73 Å². The molecule has 1 aliphatic carbocycles. The first-order valence-corrected chi connectivity index (χ1v) is 4.32. The Hall–Kier alpha value is -1.49. The fourth-order valence-electron chi connectivity index (χ4n) is 1.82. The van der Waals surface area contributed by atoms with Crippen LogP contribution in [0.25, 0.3) is 0 Å². The quantitative estimate of drug-likeness (QED) is 0.548. The molecule has 2 N–H and O–H groups in total. The van der Waals surface area contributed by atoms with E-state index in [1.54, 1.807) is 6.07 Å². The predicted octanol–water partition coefficient (Wildman–Crippen LogP) is 1.68. The molecule has 5 heteroatoms. The second-order valence-electron chi connectivity index (χ2n) is 3.37. The summed E-state index contributed by atoms with van der Waals surface area (Å²) in [6, 6.07) is 2.55. The number of hydrogen-bond acceptors (Lipinski definition) is 3. The van der Waals surface area contributed by atoms with Gasteiger partial charge in [0, 0.05) is 12.1 Å². The van der Waals surface area contributed by atoms with Crippen LogP contribution in [0.15, 0.2) is 12.1 Å². The smallest absolute Gasteiger partial charge is 0.305 e. The number of fused-ring (bicyclic) bond motifs is 1. The summed E-state index contributed by atoms with van der Waals surface area (Å²) in [4.78, 5) is 9.73. The third-order valence-corrected chi connectivity index (χ3v) is 2.56. The molecule has 0 saturated heterocycles. The van der Waals surface area contributed by atoms with Gasteiger partial charge >= 0.3 is 5.69 Å². The van der Waals surface area contributed by atoms with Crippen molar-refractivity contribution < 1.29 is 9.31 Å². The zero-order chi connectivity index (χ0) is 10.3. The monoisotopic (exact) mass is 196 g/mol. The van der Waals surface area contributed by atoms with Gasteiger partial charge in [0.15, 0.2) is 0 Å². The Morgan fingerprint density at radius 1 is 1.57 bits per heavy atom. The van der Waals surface area contributed by atoms with Gasteiger partial charge in [0.05, 0.1) is 4.92 Å². The summed E-state index contributed by atoms with van der Waals surface area (Å²) >= 11 is 0. The fraction of sp³-hybridized carbons (Fsp3) is 0.333. The molecule has 74 valence electrons. The largest absolute Gasteiger partial charge is 0.324 e. The van der Waals surface area contributed by atoms with Crippen molar-refractivity contribution >= 4 is 5.69 Å². The Bertz CT molecular complexity index is 406. The van der Waals surface area contributed by atoms with E-state index in [0.717, 1.165) is 0 Å². The van der Waals surface area contributed by atoms with Gasteiger partial charge in [-0.2, -0.15) is 4.39 Å². The Morgan fingerprint density at radius 2 is 2.29 bits per heavy atom. The lowest BCUT2D eigenvalue weighted by Gasteiger charge is -2.04. The number of nitrogens with zero attached hydrogens (tertiary/aromatic N) is 1. The van der Waals surface area contributed by atoms with Gasteiger partial charge in [-0.15, -0.1) is 0 Å². The summed E-state index contributed by atoms with van der Waals surface area (Å²) in [5.74, 6) is -0.722. The topological polar surface area (TPSA) is 69.2 Å². The minimum atomic E-state index is -0.722. The molecule has 1 aromatic carbocycles. The van der Waals surface area contributed by atoms with Gasteiger partial charge in [0.25, 0.3) is 0 Å². The Kier molecular flexibility index (Phi) is 1.96. The molecule has 0 aromatic heterocycles. The summed E-state index contributed by atoms with van der Waals surface area (Å²) in [5.41, 5.74) is 6.36. The summed E-state index contributed by atoms with van der Waals surface area (Å²) in [5, 5.41) is 10.4. The number of nitrogens with two attached hydrogens (primary N) is 1. The number of nitro benzene ring substituents is 1. The molecule has 0 aliphatic heterocycles. The van der Waals surface area contributed by atoms with Crippen molar-refractivity contribution in [1.29, 1.82) is 0 Å². The van der Waals surface area contributed by atoms with E-state index in [2.05, 4.69) is 0 Å². The molecule has 1 atom stereocenters. The number of hydrogen-bond donors (Lipinski definition) is 1. The van der Waals surface area contributed by atoms with Crippen LogP contribution in [0, 0.1) is 15.9 Å². The molecule has 0 amide bonds. The Morgan fingerprint density at radius 3 is 2.93 bits per heavy atom. The highest BCUT2D eigenvalue weighted by atomic mass is 19.1. The van der Waals surface area contributed by atoms with E-state index in [0.29, 0.717) is 24.0 Å². The van der Waals surface area contributed by atoms with Crippen LogP contribution < -0.4 is 5.73 Å². The summed E-state index contributed by atoms with van der Waals surface area (Å²) in [7, 11) is 0. The van der Waals surface area contributed by atoms with Gasteiger partial charge in [0.1, 0.15) is 0 Å². The van der Waals surface area contributed by atoms with Gasteiger partial charge in [-0.25, -0.2) is 0 Å². The summed E-state index contributed by atoms with van der Waals surface area (Å²) < 4.78 is 13.5. The molecule has 1 aliphatic rings. The summed E-state index contributed by atoms with van der Waals surface area (Å²) in [6.07, 6.45) is 1.15. The molecular formula is C9H9FN2O2. The minimum absolute atomic E-state index is 0.180. The van der Waals surface area contributed by atoms with Crippen LogP contribution in [0.3, 0.4) is 0 Å². The van der Waals surface area contributed by atoms with Crippen molar-refractivity contribution in [2.45, 2.75) is 18.9 Å². The van der Waals surface area contributed by atoms with Crippen molar-refractivity contribution in [1.82, 2.24) is 0 Å². The first kappa shape index (κ1) is 9.08. The zero-order valence-electron chi connectivity index (χ0n) is 7.37. The average Bonchev–Trinajstić information content (AvgIpc) is 2.49. The maximum atomic E-state index is 13.5. The molecule has 0 spiro atoms. The molecule has 0 heterocycles. The van der Waals surface area contributed by atoms with Crippen LogP contribution in [-0.2, 0) is 6.42 Å². The van der Waals surface area contributed by atoms with E-state index in [9.17, 15) is 14.5 Å². The van der Waals surface area contributed by atoms with Crippen molar-refractivity contribution in [3.63, 3.8) is 0 Å². The van der Waals surface area contributed by atoms with Crippen LogP contribution in [0.5, 0.6) is 0 Å². The van der Waals surface area contributed by atoms with E-state index < -0.39 is 16.4 Å². The summed E-state index contributed by atoms with van der Waals surface area (Å²) in [6.45, 7) is 0. The van der Waals surface area contributed by atoms with E-state index in [-0.39, 0.29) is 6.04 Å². The van der Waals surface area contributed by atoms with Crippen molar-refractivity contribution in [2.24, 2.45) is 5.73 Å². The average molecular weight is 196 g/mol. The molecule has 4 nitrogen and oxygen atoms in total. The lowest BCUT2D eigenvalue weighted by atomic mass is 10.1. The fourth-order valence-corrected chi connectivity index (χ4v) is 1.82. The Balaban J connectivity index is 2.58. The molecular weight excluding hydrogens is 187 g/mol. The number of halogens is 1. The maximum Gasteiger partial charge on any atom is 0.305 e. The number of rotatable bonds is 1. The molecule has 0 bridgehead atoms. The van der Waals surface area contributed by atoms with Crippen LogP contribution in [-0.4, -0.2) is 4.92 Å². The van der Waals surface area contributed by atoms with E-state index in [1.165, 1.54) is 6.07 Å². The highest BCUT2D eigenvalue weighted by molar-refractivity contribution is 5.45. The molecule has 14 heavy (non-hydrogen) atoms. The first-order chi connectivity index (χ1) is 6.61. The highest BCUT2D eigenvalue weighted by Gasteiger charge is 2.27. The standard InChI is InChI=1S/C9H9FN2O2/c10-9-6-1-3-7(11)5(6)2-4-8(9)12(13)14/h2,4,7H,1,3,11H2/t7-/m1/s1. The number of benzene rings is 1. The predicted molar refractivity (Wildman–Crippen MR) is 48.3 cm³/mol. The van der Waals surface area contributed by atoms with Gasteiger partial charge < -0.3 is 5.73 Å². The zero-order valence-corrected chi connectivity index (χ0v) is 7.37. The molecule has 2 rings (SSSR count). The maximum absolute atomic E-state index is 13.5. The highest BCUT2D eigenvalue weighted by Crippen LogP contribution is 2.34. The molecule has 0 unspecified atom stereocenters. The van der Waals surface area contributed by atoms with Crippen LogP contribution in [0.1, 0.15) is 23.6 Å². The number of nitro groups is 1. The van der Waals surface area contributed by atoms with Gasteiger partial charge in [-0.05, 0) is 24.0 Å². The van der Waals surface area contributed by atoms with E-state index in [1.807, 2.05) is 0 Å². The lowest BCUT2D eigenvalue weighted by Crippen LogP contribution is -2.05. The molecule has 0 saturated carbocycles. The SMILES string of the molecule is N[C@@H]1CCc2c1ccc([N+](=O)[O-])c2F. The van der Waals surface area contributed by atoms with Gasteiger partial charge in [-0.1, -0.05) is 6.07 Å². The second-order valence-corrected chi connectivity index (χ2v) is 3.37. The lowest BCUT2D eigenvalue weighted by molar-refractivity contribution is -0.387. The molecule has 1 aromatic rings. The van der Waals surface area contributed by atoms with Gasteiger partial charge in [-0.3, -0.25) is 10.1 Å². The second kappa shape index (κ2) is 3.02. The van der Waals surface area contributed by atoms with Crippen LogP contribution in [0.4, 0.5) is 10.1 Å². The van der Waals surface area contributed by atoms with Crippen LogP contribution in [0.2, 0.25) is 0 Å². The normalized spacial score (nSPS) is 19.4.